The van der Waals surface area contributed by atoms with Gasteiger partial charge >= 0.3 is 13.9 Å². The number of hydrogen-bond acceptors (Lipinski definition) is 6. The number of nitrogens with zero attached hydrogens (tertiary/aromatic N) is 4. The summed E-state index contributed by atoms with van der Waals surface area (Å²) in [6.07, 6.45) is 5.55. The molecule has 166 valence electrons. The molecule has 0 aliphatic heterocycles. The average molecular weight is 432 g/mol. The molecule has 0 saturated heterocycles. The van der Waals surface area contributed by atoms with Gasteiger partial charge in [0.2, 0.25) is 0 Å². The zero-order chi connectivity index (χ0) is 22.0. The molecule has 2 aromatic heterocycles. The molecular formula is C18H33N4O6P. The molecule has 0 spiro atoms. The number of ether oxygens (including phenoxy) is 1. The predicted octanol–water partition coefficient (Wildman–Crippen LogP) is 2.44. The molecule has 0 fully saturated rings. The molecule has 0 saturated carbocycles. The summed E-state index contributed by atoms with van der Waals surface area (Å²) < 4.78 is 24.4. The Hall–Kier alpha value is -1.74. The van der Waals surface area contributed by atoms with Gasteiger partial charge in [-0.3, -0.25) is 23.1 Å². The van der Waals surface area contributed by atoms with Crippen molar-refractivity contribution in [2.24, 2.45) is 7.05 Å². The Bertz CT molecular complexity index is 902. The second-order valence-corrected chi connectivity index (χ2v) is 7.45. The van der Waals surface area contributed by atoms with Crippen LogP contribution in [0.5, 0.6) is 0 Å². The summed E-state index contributed by atoms with van der Waals surface area (Å²) in [5, 5.41) is 0. The fraction of sp³-hybridized carbons (Fsp3) is 0.722. The van der Waals surface area contributed by atoms with Crippen molar-refractivity contribution in [2.45, 2.75) is 65.6 Å². The van der Waals surface area contributed by atoms with Crippen molar-refractivity contribution in [3.63, 3.8) is 0 Å². The van der Waals surface area contributed by atoms with Gasteiger partial charge in [-0.2, -0.15) is 0 Å². The topological polar surface area (TPSA) is 118 Å². The molecule has 0 aliphatic carbocycles. The molecule has 10 nitrogen and oxygen atoms in total. The van der Waals surface area contributed by atoms with Crippen LogP contribution in [0.25, 0.3) is 11.2 Å². The number of fused-ring (bicyclic) bond motifs is 1. The maximum absolute atomic E-state index is 12.8. The van der Waals surface area contributed by atoms with Gasteiger partial charge in [0.1, 0.15) is 6.23 Å². The zero-order valence-electron chi connectivity index (χ0n) is 17.9. The van der Waals surface area contributed by atoms with E-state index < -0.39 is 19.5 Å². The van der Waals surface area contributed by atoms with Crippen LogP contribution in [0, 0.1) is 0 Å². The highest BCUT2D eigenvalue weighted by molar-refractivity contribution is 7.32. The standard InChI is InChI=1S/C14H23N4O6P.C4H10/c1-10(23-3)18-9-15-12-11(18)13(19)17(14(20)16(12)2)7-5-4-6-8-24-25(21)22;1-3-4-2/h9-10,25H,4-8H2,1-3H3,(H,21,22);3-4H2,1-2H3. The fourth-order valence-corrected chi connectivity index (χ4v) is 2.90. The Balaban J connectivity index is 0.000000960. The van der Waals surface area contributed by atoms with Crippen LogP contribution in [0.4, 0.5) is 0 Å². The van der Waals surface area contributed by atoms with E-state index in [0.29, 0.717) is 30.4 Å². The quantitative estimate of drug-likeness (QED) is 0.452. The van der Waals surface area contributed by atoms with Gasteiger partial charge in [0.15, 0.2) is 11.2 Å². The SMILES string of the molecule is CCCC.COC(C)n1cnc2c1c(=O)n(CCCCCO[PH](=O)O)c(=O)n2C. The maximum atomic E-state index is 12.8. The first-order valence-electron chi connectivity index (χ1n) is 9.84. The highest BCUT2D eigenvalue weighted by Gasteiger charge is 2.18. The maximum Gasteiger partial charge on any atom is 0.332 e. The summed E-state index contributed by atoms with van der Waals surface area (Å²) in [5.74, 6) is 0. The van der Waals surface area contributed by atoms with E-state index in [0.717, 1.165) is 0 Å². The third kappa shape index (κ3) is 6.92. The van der Waals surface area contributed by atoms with Crippen LogP contribution < -0.4 is 11.2 Å². The number of unbranched alkanes of at least 4 members (excludes halogenated alkanes) is 3. The minimum absolute atomic E-state index is 0.179. The van der Waals surface area contributed by atoms with E-state index >= 15 is 0 Å². The Morgan fingerprint density at radius 1 is 1.21 bits per heavy atom. The van der Waals surface area contributed by atoms with Gasteiger partial charge in [-0.05, 0) is 26.2 Å². The average Bonchev–Trinajstić information content (AvgIpc) is 3.15. The van der Waals surface area contributed by atoms with Crippen LogP contribution in [-0.4, -0.2) is 37.3 Å². The Kier molecular flexibility index (Phi) is 11.1. The monoisotopic (exact) mass is 432 g/mol. The minimum atomic E-state index is -2.91. The van der Waals surface area contributed by atoms with Crippen molar-refractivity contribution < 1.29 is 18.7 Å². The van der Waals surface area contributed by atoms with Gasteiger partial charge in [0.05, 0.1) is 12.9 Å². The second-order valence-electron chi connectivity index (χ2n) is 6.63. The van der Waals surface area contributed by atoms with Crippen LogP contribution >= 0.6 is 8.25 Å². The van der Waals surface area contributed by atoms with Crippen molar-refractivity contribution in [1.29, 1.82) is 0 Å². The zero-order valence-corrected chi connectivity index (χ0v) is 18.9. The summed E-state index contributed by atoms with van der Waals surface area (Å²) in [6, 6.07) is 0. The summed E-state index contributed by atoms with van der Waals surface area (Å²) in [7, 11) is 0.194. The molecule has 2 unspecified atom stereocenters. The van der Waals surface area contributed by atoms with E-state index in [1.165, 1.54) is 35.4 Å². The van der Waals surface area contributed by atoms with Crippen molar-refractivity contribution in [3.05, 3.63) is 27.2 Å². The van der Waals surface area contributed by atoms with Gasteiger partial charge < -0.3 is 14.2 Å². The molecule has 1 N–H and O–H groups in total. The Labute approximate surface area is 171 Å². The number of hydrogen-bond donors (Lipinski definition) is 1. The number of methoxy groups -OCH3 is 1. The molecule has 0 amide bonds. The lowest BCUT2D eigenvalue weighted by Gasteiger charge is -2.13. The molecule has 2 atom stereocenters. The molecular weight excluding hydrogens is 399 g/mol. The van der Waals surface area contributed by atoms with E-state index in [-0.39, 0.29) is 19.4 Å². The number of aromatic nitrogens is 4. The van der Waals surface area contributed by atoms with Crippen molar-refractivity contribution >= 4 is 19.4 Å². The lowest BCUT2D eigenvalue weighted by atomic mass is 10.2. The molecule has 11 heteroatoms. The van der Waals surface area contributed by atoms with Crippen molar-refractivity contribution in [1.82, 2.24) is 18.7 Å². The molecule has 2 rings (SSSR count). The normalized spacial score (nSPS) is 13.2. The smallest absolute Gasteiger partial charge is 0.332 e. The Morgan fingerprint density at radius 2 is 1.86 bits per heavy atom. The first-order chi connectivity index (χ1) is 13.8. The van der Waals surface area contributed by atoms with E-state index in [1.54, 1.807) is 18.5 Å². The lowest BCUT2D eigenvalue weighted by molar-refractivity contribution is 0.0635. The number of rotatable bonds is 10. The van der Waals surface area contributed by atoms with Crippen molar-refractivity contribution in [3.8, 4) is 0 Å². The Morgan fingerprint density at radius 3 is 2.41 bits per heavy atom. The molecule has 0 aliphatic rings. The van der Waals surface area contributed by atoms with Crippen LogP contribution in [0.3, 0.4) is 0 Å². The predicted molar refractivity (Wildman–Crippen MR) is 113 cm³/mol. The number of imidazole rings is 1. The van der Waals surface area contributed by atoms with Crippen molar-refractivity contribution in [2.75, 3.05) is 13.7 Å². The molecule has 0 bridgehead atoms. The molecule has 29 heavy (non-hydrogen) atoms. The molecule has 2 heterocycles. The summed E-state index contributed by atoms with van der Waals surface area (Å²) in [4.78, 5) is 37.9. The first-order valence-corrected chi connectivity index (χ1v) is 11.1. The van der Waals surface area contributed by atoms with E-state index in [1.807, 2.05) is 0 Å². The lowest BCUT2D eigenvalue weighted by Crippen LogP contribution is -2.39. The van der Waals surface area contributed by atoms with Gasteiger partial charge in [0.25, 0.3) is 5.56 Å². The van der Waals surface area contributed by atoms with Gasteiger partial charge in [-0.1, -0.05) is 26.7 Å². The van der Waals surface area contributed by atoms with Crippen LogP contribution in [0.1, 0.15) is 59.1 Å². The summed E-state index contributed by atoms with van der Waals surface area (Å²) >= 11 is 0. The molecule has 0 radical (unpaired) electrons. The molecule has 2 aromatic rings. The van der Waals surface area contributed by atoms with Gasteiger partial charge in [-0.15, -0.1) is 0 Å². The van der Waals surface area contributed by atoms with E-state index in [4.69, 9.17) is 9.63 Å². The highest BCUT2D eigenvalue weighted by atomic mass is 31.1. The number of aryl methyl sites for hydroxylation is 1. The fourth-order valence-electron chi connectivity index (χ4n) is 2.58. The third-order valence-electron chi connectivity index (χ3n) is 4.54. The van der Waals surface area contributed by atoms with Crippen LogP contribution in [0.2, 0.25) is 0 Å². The minimum Gasteiger partial charge on any atom is -0.362 e. The van der Waals surface area contributed by atoms with E-state index in [2.05, 4.69) is 23.4 Å². The summed E-state index contributed by atoms with van der Waals surface area (Å²) in [6.45, 7) is 6.57. The third-order valence-corrected chi connectivity index (χ3v) is 4.99. The largest absolute Gasteiger partial charge is 0.362 e. The van der Waals surface area contributed by atoms with Crippen LogP contribution in [-0.2, 0) is 27.4 Å². The van der Waals surface area contributed by atoms with Gasteiger partial charge in [-0.25, -0.2) is 9.78 Å². The summed E-state index contributed by atoms with van der Waals surface area (Å²) in [5.41, 5.74) is -0.198. The van der Waals surface area contributed by atoms with E-state index in [9.17, 15) is 14.2 Å². The molecule has 0 aromatic carbocycles. The van der Waals surface area contributed by atoms with Gasteiger partial charge in [0, 0.05) is 20.7 Å². The first kappa shape index (κ1) is 25.3. The van der Waals surface area contributed by atoms with Crippen LogP contribution in [0.15, 0.2) is 15.9 Å². The highest BCUT2D eigenvalue weighted by Crippen LogP contribution is 2.15. The second kappa shape index (κ2) is 12.7.